The van der Waals surface area contributed by atoms with Crippen molar-refractivity contribution in [3.8, 4) is 5.75 Å². The molecule has 1 aromatic carbocycles. The summed E-state index contributed by atoms with van der Waals surface area (Å²) in [4.78, 5) is 27.4. The number of ether oxygens (including phenoxy) is 2. The number of amides is 1. The van der Waals surface area contributed by atoms with Gasteiger partial charge in [-0.3, -0.25) is 9.59 Å². The summed E-state index contributed by atoms with van der Waals surface area (Å²) in [5, 5.41) is 11.7. The monoisotopic (exact) mass is 401 g/mol. The fraction of sp³-hybridized carbons (Fsp3) is 0.550. The lowest BCUT2D eigenvalue weighted by atomic mass is 9.96. The van der Waals surface area contributed by atoms with Crippen LogP contribution in [-0.4, -0.2) is 63.8 Å². The number of esters is 1. The van der Waals surface area contributed by atoms with E-state index in [4.69, 9.17) is 9.47 Å². The zero-order chi connectivity index (χ0) is 20.8. The van der Waals surface area contributed by atoms with Crippen LogP contribution in [0, 0.1) is 12.8 Å². The minimum absolute atomic E-state index is 0.0998. The molecule has 1 aliphatic heterocycles. The molecule has 1 saturated heterocycles. The summed E-state index contributed by atoms with van der Waals surface area (Å²) in [6, 6.07) is 6.99. The van der Waals surface area contributed by atoms with Crippen molar-refractivity contribution in [3.05, 3.63) is 35.7 Å². The fourth-order valence-corrected chi connectivity index (χ4v) is 3.67. The third-order valence-corrected chi connectivity index (χ3v) is 5.15. The van der Waals surface area contributed by atoms with Gasteiger partial charge >= 0.3 is 5.97 Å². The number of nitrogens with zero attached hydrogens (tertiary/aromatic N) is 5. The lowest BCUT2D eigenvalue weighted by molar-refractivity contribution is -0.151. The van der Waals surface area contributed by atoms with Gasteiger partial charge in [-0.05, 0) is 54.8 Å². The van der Waals surface area contributed by atoms with Gasteiger partial charge in [0.05, 0.1) is 19.6 Å². The van der Waals surface area contributed by atoms with E-state index in [1.165, 1.54) is 0 Å². The van der Waals surface area contributed by atoms with Crippen LogP contribution in [0.15, 0.2) is 24.3 Å². The molecule has 3 rings (SSSR count). The Labute approximate surface area is 170 Å². The average molecular weight is 401 g/mol. The summed E-state index contributed by atoms with van der Waals surface area (Å²) in [7, 11) is 1.61. The first-order chi connectivity index (χ1) is 14.0. The number of aromatic nitrogens is 4. The summed E-state index contributed by atoms with van der Waals surface area (Å²) >= 11 is 0. The first-order valence-electron chi connectivity index (χ1n) is 9.86. The molecule has 0 spiro atoms. The second-order valence-corrected chi connectivity index (χ2v) is 7.12. The number of aryl methyl sites for hydroxylation is 1. The maximum Gasteiger partial charge on any atom is 0.310 e. The quantitative estimate of drug-likeness (QED) is 0.649. The van der Waals surface area contributed by atoms with Crippen LogP contribution in [0.25, 0.3) is 0 Å². The summed E-state index contributed by atoms with van der Waals surface area (Å²) < 4.78 is 12.0. The van der Waals surface area contributed by atoms with E-state index in [2.05, 4.69) is 15.5 Å². The molecule has 0 saturated carbocycles. The van der Waals surface area contributed by atoms with E-state index in [0.717, 1.165) is 24.2 Å². The van der Waals surface area contributed by atoms with E-state index in [1.807, 2.05) is 24.3 Å². The van der Waals surface area contributed by atoms with Crippen LogP contribution in [0.2, 0.25) is 0 Å². The highest BCUT2D eigenvalue weighted by Crippen LogP contribution is 2.24. The molecular formula is C20H27N5O4. The Morgan fingerprint density at radius 2 is 2.17 bits per heavy atom. The van der Waals surface area contributed by atoms with Crippen molar-refractivity contribution in [2.75, 3.05) is 26.8 Å². The van der Waals surface area contributed by atoms with Crippen LogP contribution >= 0.6 is 0 Å². The molecule has 0 unspecified atom stereocenters. The molecule has 9 heteroatoms. The number of rotatable bonds is 7. The van der Waals surface area contributed by atoms with Gasteiger partial charge in [0.15, 0.2) is 0 Å². The number of methoxy groups -OCH3 is 1. The van der Waals surface area contributed by atoms with Crippen molar-refractivity contribution in [2.45, 2.75) is 39.2 Å². The molecule has 2 atom stereocenters. The van der Waals surface area contributed by atoms with Gasteiger partial charge in [-0.2, -0.15) is 0 Å². The lowest BCUT2D eigenvalue weighted by Gasteiger charge is -2.34. The predicted octanol–water partition coefficient (Wildman–Crippen LogP) is 1.58. The minimum Gasteiger partial charge on any atom is -0.497 e. The Balaban J connectivity index is 1.83. The Kier molecular flexibility index (Phi) is 6.79. The first kappa shape index (κ1) is 20.8. The SMILES string of the molecule is CCOC(=O)[C@H]1CCCN(C(=O)[C@@H](Cc2cccc(OC)c2)n2nnnc2C)C1. The van der Waals surface area contributed by atoms with Crippen LogP contribution in [0.4, 0.5) is 0 Å². The molecule has 1 amide bonds. The van der Waals surface area contributed by atoms with E-state index in [1.54, 1.807) is 30.5 Å². The number of piperidine rings is 1. The summed E-state index contributed by atoms with van der Waals surface area (Å²) in [6.45, 7) is 4.85. The molecular weight excluding hydrogens is 374 g/mol. The van der Waals surface area contributed by atoms with Gasteiger partial charge in [-0.25, -0.2) is 4.68 Å². The zero-order valence-corrected chi connectivity index (χ0v) is 17.1. The van der Waals surface area contributed by atoms with Gasteiger partial charge in [0.2, 0.25) is 5.91 Å². The fourth-order valence-electron chi connectivity index (χ4n) is 3.67. The van der Waals surface area contributed by atoms with Crippen LogP contribution in [0.3, 0.4) is 0 Å². The smallest absolute Gasteiger partial charge is 0.310 e. The Hall–Kier alpha value is -2.97. The molecule has 0 radical (unpaired) electrons. The van der Waals surface area contributed by atoms with Gasteiger partial charge in [0, 0.05) is 19.5 Å². The van der Waals surface area contributed by atoms with Crippen molar-refractivity contribution in [3.63, 3.8) is 0 Å². The van der Waals surface area contributed by atoms with E-state index in [-0.39, 0.29) is 17.8 Å². The molecule has 1 aromatic heterocycles. The maximum atomic E-state index is 13.5. The number of benzene rings is 1. The van der Waals surface area contributed by atoms with Crippen molar-refractivity contribution >= 4 is 11.9 Å². The van der Waals surface area contributed by atoms with E-state index in [9.17, 15) is 9.59 Å². The van der Waals surface area contributed by atoms with Gasteiger partial charge in [0.1, 0.15) is 17.6 Å². The Bertz CT molecular complexity index is 853. The number of hydrogen-bond donors (Lipinski definition) is 0. The molecule has 156 valence electrons. The molecule has 2 heterocycles. The lowest BCUT2D eigenvalue weighted by Crippen LogP contribution is -2.46. The number of tetrazole rings is 1. The number of carbonyl (C=O) groups excluding carboxylic acids is 2. The number of hydrogen-bond acceptors (Lipinski definition) is 7. The molecule has 1 aliphatic rings. The summed E-state index contributed by atoms with van der Waals surface area (Å²) in [6.07, 6.45) is 1.91. The molecule has 2 aromatic rings. The largest absolute Gasteiger partial charge is 0.497 e. The standard InChI is InChI=1S/C20H27N5O4/c1-4-29-20(27)16-8-6-10-24(13-16)19(26)18(25-14(2)21-22-23-25)12-15-7-5-9-17(11-15)28-3/h5,7,9,11,16,18H,4,6,8,10,12-13H2,1-3H3/t16-,18+/m0/s1. The molecule has 1 fully saturated rings. The second kappa shape index (κ2) is 9.49. The van der Waals surface area contributed by atoms with Crippen molar-refractivity contribution in [1.82, 2.24) is 25.1 Å². The van der Waals surface area contributed by atoms with Crippen molar-refractivity contribution in [1.29, 1.82) is 0 Å². The van der Waals surface area contributed by atoms with Crippen LogP contribution in [0.5, 0.6) is 5.75 Å². The predicted molar refractivity (Wildman–Crippen MR) is 104 cm³/mol. The molecule has 0 N–H and O–H groups in total. The molecule has 9 nitrogen and oxygen atoms in total. The highest BCUT2D eigenvalue weighted by molar-refractivity contribution is 5.82. The number of carbonyl (C=O) groups is 2. The molecule has 29 heavy (non-hydrogen) atoms. The molecule has 0 aliphatic carbocycles. The highest BCUT2D eigenvalue weighted by Gasteiger charge is 2.34. The molecule has 0 bridgehead atoms. The average Bonchev–Trinajstić information content (AvgIpc) is 3.17. The van der Waals surface area contributed by atoms with Gasteiger partial charge in [-0.1, -0.05) is 12.1 Å². The minimum atomic E-state index is -0.599. The van der Waals surface area contributed by atoms with Crippen LogP contribution in [0.1, 0.15) is 37.2 Å². The Morgan fingerprint density at radius 1 is 1.34 bits per heavy atom. The van der Waals surface area contributed by atoms with Gasteiger partial charge in [-0.15, -0.1) is 5.10 Å². The summed E-state index contributed by atoms with van der Waals surface area (Å²) in [5.74, 6) is 0.651. The van der Waals surface area contributed by atoms with E-state index in [0.29, 0.717) is 31.9 Å². The second-order valence-electron chi connectivity index (χ2n) is 7.12. The van der Waals surface area contributed by atoms with Crippen LogP contribution < -0.4 is 4.74 Å². The van der Waals surface area contributed by atoms with Crippen molar-refractivity contribution < 1.29 is 19.1 Å². The van der Waals surface area contributed by atoms with E-state index >= 15 is 0 Å². The third kappa shape index (κ3) is 4.90. The van der Waals surface area contributed by atoms with Gasteiger partial charge < -0.3 is 14.4 Å². The van der Waals surface area contributed by atoms with Gasteiger partial charge in [0.25, 0.3) is 0 Å². The first-order valence-corrected chi connectivity index (χ1v) is 9.86. The zero-order valence-electron chi connectivity index (χ0n) is 17.1. The van der Waals surface area contributed by atoms with Crippen LogP contribution in [-0.2, 0) is 20.7 Å². The normalized spacial score (nSPS) is 17.6. The Morgan fingerprint density at radius 3 is 2.86 bits per heavy atom. The highest BCUT2D eigenvalue weighted by atomic mass is 16.5. The maximum absolute atomic E-state index is 13.5. The topological polar surface area (TPSA) is 99.4 Å². The van der Waals surface area contributed by atoms with E-state index < -0.39 is 6.04 Å². The number of likely N-dealkylation sites (tertiary alicyclic amines) is 1. The van der Waals surface area contributed by atoms with Crippen molar-refractivity contribution in [2.24, 2.45) is 5.92 Å². The third-order valence-electron chi connectivity index (χ3n) is 5.15. The summed E-state index contributed by atoms with van der Waals surface area (Å²) in [5.41, 5.74) is 0.941.